The molecule has 0 aromatic heterocycles. The van der Waals surface area contributed by atoms with Gasteiger partial charge < -0.3 is 21.1 Å². The highest BCUT2D eigenvalue weighted by molar-refractivity contribution is 6.12. The van der Waals surface area contributed by atoms with Crippen molar-refractivity contribution in [2.45, 2.75) is 57.0 Å². The Bertz CT molecular complexity index is 900. The Morgan fingerprint density at radius 1 is 0.914 bits per heavy atom. The van der Waals surface area contributed by atoms with Crippen molar-refractivity contribution in [3.8, 4) is 0 Å². The first-order valence-electron chi connectivity index (χ1n) is 11.9. The third-order valence-corrected chi connectivity index (χ3v) is 5.65. The fourth-order valence-electron chi connectivity index (χ4n) is 3.72. The molecule has 1 aliphatic heterocycles. The maximum Gasteiger partial charge on any atom is 0.326 e. The number of nitrogens with zero attached hydrogens (tertiary/aromatic N) is 1. The van der Waals surface area contributed by atoms with Crippen molar-refractivity contribution in [1.82, 2.24) is 20.9 Å². The summed E-state index contributed by atoms with van der Waals surface area (Å²) in [5.74, 6) is -2.64. The first kappa shape index (κ1) is 27.7. The number of aliphatic carboxylic acids is 1. The maximum absolute atomic E-state index is 12.9. The Labute approximate surface area is 205 Å². The lowest BCUT2D eigenvalue weighted by Gasteiger charge is -2.22. The van der Waals surface area contributed by atoms with Gasteiger partial charge in [0.15, 0.2) is 0 Å². The molecule has 10 heteroatoms. The second-order valence-corrected chi connectivity index (χ2v) is 8.43. The van der Waals surface area contributed by atoms with E-state index < -0.39 is 24.0 Å². The molecule has 0 unspecified atom stereocenters. The van der Waals surface area contributed by atoms with Gasteiger partial charge in [-0.3, -0.25) is 24.1 Å². The summed E-state index contributed by atoms with van der Waals surface area (Å²) in [6.07, 6.45) is 5.46. The molecule has 2 rings (SSSR count). The zero-order valence-corrected chi connectivity index (χ0v) is 20.0. The Morgan fingerprint density at radius 3 is 2.23 bits per heavy atom. The highest BCUT2D eigenvalue weighted by atomic mass is 16.4. The van der Waals surface area contributed by atoms with Gasteiger partial charge >= 0.3 is 5.97 Å². The van der Waals surface area contributed by atoms with E-state index in [0.717, 1.165) is 10.5 Å². The monoisotopic (exact) mass is 486 g/mol. The van der Waals surface area contributed by atoms with Crippen LogP contribution in [0.25, 0.3) is 0 Å². The molecular weight excluding hydrogens is 452 g/mol. The highest BCUT2D eigenvalue weighted by Gasteiger charge is 2.27. The SMILES string of the molecule is CNCCC[C@H](NC(=O)[C@H](Cc1ccccc1)NC(=O)CCCCCN1C(=O)C=CC1=O)C(=O)O. The number of carboxylic acids is 1. The number of amides is 4. The molecule has 1 aromatic carbocycles. The van der Waals surface area contributed by atoms with Crippen molar-refractivity contribution < 1.29 is 29.1 Å². The van der Waals surface area contributed by atoms with Gasteiger partial charge in [-0.25, -0.2) is 4.79 Å². The molecule has 0 spiro atoms. The van der Waals surface area contributed by atoms with E-state index in [1.165, 1.54) is 12.2 Å². The second-order valence-electron chi connectivity index (χ2n) is 8.43. The number of rotatable bonds is 16. The van der Waals surface area contributed by atoms with Crippen LogP contribution >= 0.6 is 0 Å². The van der Waals surface area contributed by atoms with Gasteiger partial charge in [0.05, 0.1) is 0 Å². The molecule has 0 saturated heterocycles. The summed E-state index contributed by atoms with van der Waals surface area (Å²) in [6, 6.07) is 7.22. The van der Waals surface area contributed by atoms with Crippen molar-refractivity contribution in [3.05, 3.63) is 48.0 Å². The number of hydrogen-bond donors (Lipinski definition) is 4. The summed E-state index contributed by atoms with van der Waals surface area (Å²) in [4.78, 5) is 61.4. The Morgan fingerprint density at radius 2 is 1.60 bits per heavy atom. The Balaban J connectivity index is 1.88. The zero-order valence-electron chi connectivity index (χ0n) is 20.0. The normalized spacial score (nSPS) is 14.6. The number of hydrogen-bond acceptors (Lipinski definition) is 6. The smallest absolute Gasteiger partial charge is 0.326 e. The van der Waals surface area contributed by atoms with Gasteiger partial charge in [0.25, 0.3) is 11.8 Å². The van der Waals surface area contributed by atoms with Crippen LogP contribution in [0, 0.1) is 0 Å². The molecule has 35 heavy (non-hydrogen) atoms. The van der Waals surface area contributed by atoms with E-state index in [9.17, 15) is 29.1 Å². The van der Waals surface area contributed by atoms with E-state index in [-0.39, 0.29) is 37.0 Å². The molecule has 0 fully saturated rings. The largest absolute Gasteiger partial charge is 0.480 e. The fourth-order valence-corrected chi connectivity index (χ4v) is 3.72. The minimum atomic E-state index is -1.12. The van der Waals surface area contributed by atoms with Crippen LogP contribution in [0.15, 0.2) is 42.5 Å². The second kappa shape index (κ2) is 14.7. The standard InChI is InChI=1S/C25H34N4O6/c1-26-15-8-11-19(25(34)35)28-24(33)20(17-18-9-4-2-5-10-18)27-21(30)12-6-3-7-16-29-22(31)13-14-23(29)32/h2,4-5,9-10,13-14,19-20,26H,3,6-8,11-12,15-17H2,1H3,(H,27,30)(H,28,33)(H,34,35)/t19-,20-/m0/s1. The summed E-state index contributed by atoms with van der Waals surface area (Å²) < 4.78 is 0. The topological polar surface area (TPSA) is 145 Å². The number of benzene rings is 1. The molecule has 0 aliphatic carbocycles. The lowest BCUT2D eigenvalue weighted by atomic mass is 10.0. The minimum absolute atomic E-state index is 0.170. The van der Waals surface area contributed by atoms with E-state index >= 15 is 0 Å². The number of unbranched alkanes of at least 4 members (excludes halogenated alkanes) is 2. The van der Waals surface area contributed by atoms with Crippen LogP contribution in [-0.2, 0) is 30.4 Å². The highest BCUT2D eigenvalue weighted by Crippen LogP contribution is 2.09. The molecule has 0 saturated carbocycles. The molecule has 4 N–H and O–H groups in total. The Hall–Kier alpha value is -3.53. The minimum Gasteiger partial charge on any atom is -0.480 e. The third kappa shape index (κ3) is 9.70. The van der Waals surface area contributed by atoms with Crippen LogP contribution in [0.5, 0.6) is 0 Å². The first-order chi connectivity index (χ1) is 16.8. The molecule has 2 atom stereocenters. The van der Waals surface area contributed by atoms with Crippen molar-refractivity contribution in [2.24, 2.45) is 0 Å². The zero-order chi connectivity index (χ0) is 25.6. The van der Waals surface area contributed by atoms with Gasteiger partial charge in [-0.05, 0) is 44.8 Å². The average Bonchev–Trinajstić information content (AvgIpc) is 3.15. The van der Waals surface area contributed by atoms with E-state index in [1.54, 1.807) is 7.05 Å². The van der Waals surface area contributed by atoms with Crippen molar-refractivity contribution in [1.29, 1.82) is 0 Å². The summed E-state index contributed by atoms with van der Waals surface area (Å²) in [6.45, 7) is 0.926. The Kier molecular flexibility index (Phi) is 11.6. The maximum atomic E-state index is 12.9. The van der Waals surface area contributed by atoms with E-state index in [2.05, 4.69) is 16.0 Å². The van der Waals surface area contributed by atoms with Gasteiger partial charge in [0.1, 0.15) is 12.1 Å². The van der Waals surface area contributed by atoms with Crippen molar-refractivity contribution in [2.75, 3.05) is 20.1 Å². The van der Waals surface area contributed by atoms with Gasteiger partial charge in [-0.1, -0.05) is 36.8 Å². The van der Waals surface area contributed by atoms with Crippen LogP contribution in [0.3, 0.4) is 0 Å². The number of carbonyl (C=O) groups excluding carboxylic acids is 4. The van der Waals surface area contributed by atoms with Gasteiger partial charge in [-0.2, -0.15) is 0 Å². The molecule has 0 radical (unpaired) electrons. The molecule has 190 valence electrons. The third-order valence-electron chi connectivity index (χ3n) is 5.65. The van der Waals surface area contributed by atoms with Crippen molar-refractivity contribution in [3.63, 3.8) is 0 Å². The first-order valence-corrected chi connectivity index (χ1v) is 11.9. The number of imide groups is 1. The van der Waals surface area contributed by atoms with Crippen LogP contribution in [0.2, 0.25) is 0 Å². The van der Waals surface area contributed by atoms with Gasteiger partial charge in [-0.15, -0.1) is 0 Å². The lowest BCUT2D eigenvalue weighted by Crippen LogP contribution is -2.52. The molecular formula is C25H34N4O6. The lowest BCUT2D eigenvalue weighted by molar-refractivity contribution is -0.142. The van der Waals surface area contributed by atoms with Crippen molar-refractivity contribution >= 4 is 29.6 Å². The number of carboxylic acid groups (broad SMARTS) is 1. The van der Waals surface area contributed by atoms with E-state index in [4.69, 9.17) is 0 Å². The number of nitrogens with one attached hydrogen (secondary N) is 3. The van der Waals surface area contributed by atoms with Crippen LogP contribution in [0.4, 0.5) is 0 Å². The molecule has 0 bridgehead atoms. The fraction of sp³-hybridized carbons (Fsp3) is 0.480. The predicted molar refractivity (Wildman–Crippen MR) is 129 cm³/mol. The summed E-state index contributed by atoms with van der Waals surface area (Å²) in [5.41, 5.74) is 0.837. The molecule has 10 nitrogen and oxygen atoms in total. The van der Waals surface area contributed by atoms with E-state index in [0.29, 0.717) is 38.8 Å². The molecule has 1 aliphatic rings. The summed E-state index contributed by atoms with van der Waals surface area (Å²) in [5, 5.41) is 17.7. The summed E-state index contributed by atoms with van der Waals surface area (Å²) >= 11 is 0. The van der Waals surface area contributed by atoms with Crippen LogP contribution in [-0.4, -0.2) is 71.8 Å². The average molecular weight is 487 g/mol. The quantitative estimate of drug-likeness (QED) is 0.199. The molecule has 4 amide bonds. The van der Waals surface area contributed by atoms with Crippen LogP contribution in [0.1, 0.15) is 44.1 Å². The van der Waals surface area contributed by atoms with Gasteiger partial charge in [0.2, 0.25) is 11.8 Å². The predicted octanol–water partition coefficient (Wildman–Crippen LogP) is 0.768. The van der Waals surface area contributed by atoms with Gasteiger partial charge in [0, 0.05) is 31.5 Å². The number of carbonyl (C=O) groups is 5. The molecule has 1 heterocycles. The van der Waals surface area contributed by atoms with Crippen LogP contribution < -0.4 is 16.0 Å². The summed E-state index contributed by atoms with van der Waals surface area (Å²) in [7, 11) is 1.77. The van der Waals surface area contributed by atoms with E-state index in [1.807, 2.05) is 30.3 Å². The molecule has 1 aromatic rings.